The molecule has 0 spiro atoms. The van der Waals surface area contributed by atoms with Crippen LogP contribution < -0.4 is 10.6 Å². The number of hydrogen-bond donors (Lipinski definition) is 3. The Morgan fingerprint density at radius 1 is 1.50 bits per heavy atom. The molecule has 0 aromatic carbocycles. The first kappa shape index (κ1) is 15.4. The van der Waals surface area contributed by atoms with Crippen LogP contribution in [0.4, 0.5) is 0 Å². The summed E-state index contributed by atoms with van der Waals surface area (Å²) in [5.41, 5.74) is 0. The SMILES string of the molecule is CC(C)C(O)CCNC(=O)CNCC1CCCO1. The first-order valence-corrected chi connectivity index (χ1v) is 6.86. The number of carbonyl (C=O) groups is 1. The standard InChI is InChI=1S/C13H26N2O3/c1-10(2)12(16)5-6-15-13(17)9-14-8-11-4-3-7-18-11/h10-12,14,16H,3-9H2,1-2H3,(H,15,17). The summed E-state index contributed by atoms with van der Waals surface area (Å²) >= 11 is 0. The molecule has 5 nitrogen and oxygen atoms in total. The van der Waals surface area contributed by atoms with Gasteiger partial charge in [0.15, 0.2) is 0 Å². The van der Waals surface area contributed by atoms with Crippen LogP contribution in [0.15, 0.2) is 0 Å². The van der Waals surface area contributed by atoms with Gasteiger partial charge in [0.05, 0.1) is 18.8 Å². The first-order chi connectivity index (χ1) is 8.59. The molecule has 1 fully saturated rings. The molecule has 0 bridgehead atoms. The molecular weight excluding hydrogens is 232 g/mol. The maximum Gasteiger partial charge on any atom is 0.233 e. The van der Waals surface area contributed by atoms with E-state index in [-0.39, 0.29) is 24.0 Å². The summed E-state index contributed by atoms with van der Waals surface area (Å²) < 4.78 is 5.45. The number of aliphatic hydroxyl groups excluding tert-OH is 1. The lowest BCUT2D eigenvalue weighted by atomic mass is 10.0. The molecule has 2 unspecified atom stereocenters. The number of rotatable bonds is 8. The highest BCUT2D eigenvalue weighted by atomic mass is 16.5. The van der Waals surface area contributed by atoms with Crippen molar-refractivity contribution in [3.05, 3.63) is 0 Å². The second kappa shape index (κ2) is 8.45. The van der Waals surface area contributed by atoms with Gasteiger partial charge in [-0.15, -0.1) is 0 Å². The fourth-order valence-corrected chi connectivity index (χ4v) is 1.91. The number of carbonyl (C=O) groups excluding carboxylic acids is 1. The van der Waals surface area contributed by atoms with Crippen molar-refractivity contribution in [1.29, 1.82) is 0 Å². The first-order valence-electron chi connectivity index (χ1n) is 6.86. The molecule has 0 radical (unpaired) electrons. The normalized spacial score (nSPS) is 21.2. The quantitative estimate of drug-likeness (QED) is 0.585. The number of aliphatic hydroxyl groups is 1. The van der Waals surface area contributed by atoms with Crippen molar-refractivity contribution in [3.8, 4) is 0 Å². The molecule has 18 heavy (non-hydrogen) atoms. The van der Waals surface area contributed by atoms with E-state index in [0.29, 0.717) is 19.5 Å². The van der Waals surface area contributed by atoms with Crippen LogP contribution in [0.5, 0.6) is 0 Å². The van der Waals surface area contributed by atoms with Gasteiger partial charge in [0.25, 0.3) is 0 Å². The van der Waals surface area contributed by atoms with Crippen molar-refractivity contribution in [3.63, 3.8) is 0 Å². The van der Waals surface area contributed by atoms with Gasteiger partial charge in [-0.25, -0.2) is 0 Å². The van der Waals surface area contributed by atoms with E-state index in [1.54, 1.807) is 0 Å². The summed E-state index contributed by atoms with van der Waals surface area (Å²) in [7, 11) is 0. The van der Waals surface area contributed by atoms with Gasteiger partial charge in [-0.2, -0.15) is 0 Å². The molecule has 1 aliphatic heterocycles. The smallest absolute Gasteiger partial charge is 0.233 e. The molecule has 1 rings (SSSR count). The van der Waals surface area contributed by atoms with E-state index in [0.717, 1.165) is 26.0 Å². The highest BCUT2D eigenvalue weighted by Gasteiger charge is 2.15. The summed E-state index contributed by atoms with van der Waals surface area (Å²) in [5.74, 6) is 0.212. The van der Waals surface area contributed by atoms with Gasteiger partial charge in [-0.1, -0.05) is 13.8 Å². The number of ether oxygens (including phenoxy) is 1. The average Bonchev–Trinajstić information content (AvgIpc) is 2.81. The minimum absolute atomic E-state index is 0.0241. The van der Waals surface area contributed by atoms with Gasteiger partial charge in [-0.3, -0.25) is 4.79 Å². The number of amides is 1. The van der Waals surface area contributed by atoms with Crippen LogP contribution in [0.25, 0.3) is 0 Å². The Labute approximate surface area is 109 Å². The van der Waals surface area contributed by atoms with E-state index in [1.165, 1.54) is 0 Å². The van der Waals surface area contributed by atoms with Crippen molar-refractivity contribution < 1.29 is 14.6 Å². The minimum atomic E-state index is -0.342. The lowest BCUT2D eigenvalue weighted by Crippen LogP contribution is -2.38. The van der Waals surface area contributed by atoms with Crippen molar-refractivity contribution in [2.24, 2.45) is 5.92 Å². The zero-order valence-electron chi connectivity index (χ0n) is 11.4. The highest BCUT2D eigenvalue weighted by molar-refractivity contribution is 5.77. The Balaban J connectivity index is 1.96. The minimum Gasteiger partial charge on any atom is -0.393 e. The van der Waals surface area contributed by atoms with Crippen LogP contribution in [-0.4, -0.2) is 49.5 Å². The predicted molar refractivity (Wildman–Crippen MR) is 70.3 cm³/mol. The lowest BCUT2D eigenvalue weighted by Gasteiger charge is -2.15. The van der Waals surface area contributed by atoms with E-state index in [9.17, 15) is 9.90 Å². The van der Waals surface area contributed by atoms with Crippen LogP contribution in [-0.2, 0) is 9.53 Å². The molecule has 0 aromatic rings. The molecule has 0 saturated carbocycles. The van der Waals surface area contributed by atoms with Crippen LogP contribution in [0, 0.1) is 5.92 Å². The Morgan fingerprint density at radius 3 is 2.89 bits per heavy atom. The lowest BCUT2D eigenvalue weighted by molar-refractivity contribution is -0.120. The third kappa shape index (κ3) is 6.33. The Hall–Kier alpha value is -0.650. The highest BCUT2D eigenvalue weighted by Crippen LogP contribution is 2.10. The molecule has 0 aromatic heterocycles. The third-order valence-electron chi connectivity index (χ3n) is 3.21. The molecule has 0 aliphatic carbocycles. The summed E-state index contributed by atoms with van der Waals surface area (Å²) in [6, 6.07) is 0. The molecule has 106 valence electrons. The topological polar surface area (TPSA) is 70.6 Å². The zero-order valence-corrected chi connectivity index (χ0v) is 11.4. The number of hydrogen-bond acceptors (Lipinski definition) is 4. The molecule has 1 saturated heterocycles. The van der Waals surface area contributed by atoms with Gasteiger partial charge in [-0.05, 0) is 25.2 Å². The second-order valence-electron chi connectivity index (χ2n) is 5.22. The molecule has 1 aliphatic rings. The summed E-state index contributed by atoms with van der Waals surface area (Å²) in [4.78, 5) is 11.5. The Kier molecular flexibility index (Phi) is 7.23. The Bertz CT molecular complexity index is 230. The van der Waals surface area contributed by atoms with E-state index in [2.05, 4.69) is 10.6 Å². The van der Waals surface area contributed by atoms with Crippen molar-refractivity contribution in [2.75, 3.05) is 26.2 Å². The van der Waals surface area contributed by atoms with E-state index < -0.39 is 0 Å². The van der Waals surface area contributed by atoms with Crippen LogP contribution in [0.1, 0.15) is 33.1 Å². The van der Waals surface area contributed by atoms with Crippen molar-refractivity contribution >= 4 is 5.91 Å². The predicted octanol–water partition coefficient (Wildman–Crippen LogP) is 0.278. The van der Waals surface area contributed by atoms with E-state index >= 15 is 0 Å². The molecule has 5 heteroatoms. The van der Waals surface area contributed by atoms with Crippen LogP contribution in [0.2, 0.25) is 0 Å². The number of nitrogens with one attached hydrogen (secondary N) is 2. The summed E-state index contributed by atoms with van der Waals surface area (Å²) in [6.07, 6.45) is 2.72. The molecule has 1 amide bonds. The fourth-order valence-electron chi connectivity index (χ4n) is 1.91. The monoisotopic (exact) mass is 258 g/mol. The van der Waals surface area contributed by atoms with Gasteiger partial charge in [0.2, 0.25) is 5.91 Å². The van der Waals surface area contributed by atoms with Crippen molar-refractivity contribution in [1.82, 2.24) is 10.6 Å². The Morgan fingerprint density at radius 2 is 2.28 bits per heavy atom. The zero-order chi connectivity index (χ0) is 13.4. The van der Waals surface area contributed by atoms with Gasteiger partial charge < -0.3 is 20.5 Å². The van der Waals surface area contributed by atoms with Crippen LogP contribution in [0.3, 0.4) is 0 Å². The van der Waals surface area contributed by atoms with Gasteiger partial charge in [0.1, 0.15) is 0 Å². The third-order valence-corrected chi connectivity index (χ3v) is 3.21. The van der Waals surface area contributed by atoms with E-state index in [4.69, 9.17) is 4.74 Å². The summed E-state index contributed by atoms with van der Waals surface area (Å²) in [5, 5.41) is 15.5. The second-order valence-corrected chi connectivity index (χ2v) is 5.22. The van der Waals surface area contributed by atoms with Gasteiger partial charge >= 0.3 is 0 Å². The largest absolute Gasteiger partial charge is 0.393 e. The molecular formula is C13H26N2O3. The molecule has 3 N–H and O–H groups in total. The average molecular weight is 258 g/mol. The summed E-state index contributed by atoms with van der Waals surface area (Å²) in [6.45, 7) is 6.36. The van der Waals surface area contributed by atoms with Crippen LogP contribution >= 0.6 is 0 Å². The maximum absolute atomic E-state index is 11.5. The van der Waals surface area contributed by atoms with E-state index in [1.807, 2.05) is 13.8 Å². The fraction of sp³-hybridized carbons (Fsp3) is 0.923. The molecule has 1 heterocycles. The maximum atomic E-state index is 11.5. The van der Waals surface area contributed by atoms with Crippen molar-refractivity contribution in [2.45, 2.75) is 45.3 Å². The van der Waals surface area contributed by atoms with Gasteiger partial charge in [0, 0.05) is 19.7 Å². The molecule has 2 atom stereocenters.